The van der Waals surface area contributed by atoms with Gasteiger partial charge in [0.1, 0.15) is 0 Å². The summed E-state index contributed by atoms with van der Waals surface area (Å²) >= 11 is 0. The number of nitrogens with one attached hydrogen (secondary N) is 2. The van der Waals surface area contributed by atoms with Gasteiger partial charge in [-0.1, -0.05) is 6.92 Å². The Morgan fingerprint density at radius 3 is 2.67 bits per heavy atom. The van der Waals surface area contributed by atoms with Crippen LogP contribution >= 0.6 is 0 Å². The zero-order chi connectivity index (χ0) is 13.7. The first-order valence-corrected chi connectivity index (χ1v) is 7.13. The highest BCUT2D eigenvalue weighted by Crippen LogP contribution is 2.20. The fourth-order valence-electron chi connectivity index (χ4n) is 2.59. The molecule has 1 fully saturated rings. The van der Waals surface area contributed by atoms with Gasteiger partial charge in [-0.3, -0.25) is 4.79 Å². The smallest absolute Gasteiger partial charge is 0.221 e. The molecule has 106 valence electrons. The molecule has 0 aliphatic carbocycles. The summed E-state index contributed by atoms with van der Waals surface area (Å²) < 4.78 is 0. The highest BCUT2D eigenvalue weighted by Gasteiger charge is 2.28. The second-order valence-electron chi connectivity index (χ2n) is 6.03. The highest BCUT2D eigenvalue weighted by atomic mass is 16.1. The minimum absolute atomic E-state index is 0.145. The van der Waals surface area contributed by atoms with Crippen LogP contribution < -0.4 is 10.6 Å². The van der Waals surface area contributed by atoms with E-state index in [1.807, 2.05) is 13.8 Å². The van der Waals surface area contributed by atoms with Crippen LogP contribution in [0.2, 0.25) is 0 Å². The molecule has 1 amide bonds. The number of hydrogen-bond donors (Lipinski definition) is 2. The Labute approximate surface area is 111 Å². The van der Waals surface area contributed by atoms with Gasteiger partial charge >= 0.3 is 0 Å². The molecule has 3 atom stereocenters. The van der Waals surface area contributed by atoms with Crippen LogP contribution in [0, 0.1) is 5.92 Å². The van der Waals surface area contributed by atoms with Crippen molar-refractivity contribution in [3.05, 3.63) is 0 Å². The van der Waals surface area contributed by atoms with E-state index in [0.717, 1.165) is 13.1 Å². The van der Waals surface area contributed by atoms with Gasteiger partial charge in [0.15, 0.2) is 0 Å². The van der Waals surface area contributed by atoms with Crippen LogP contribution in [0.15, 0.2) is 0 Å². The van der Waals surface area contributed by atoms with Crippen molar-refractivity contribution in [3.8, 4) is 0 Å². The van der Waals surface area contributed by atoms with Crippen LogP contribution in [0.25, 0.3) is 0 Å². The summed E-state index contributed by atoms with van der Waals surface area (Å²) in [6, 6.07) is 1.41. The van der Waals surface area contributed by atoms with E-state index in [2.05, 4.69) is 36.4 Å². The van der Waals surface area contributed by atoms with Crippen molar-refractivity contribution in [3.63, 3.8) is 0 Å². The Hall–Kier alpha value is -0.610. The summed E-state index contributed by atoms with van der Waals surface area (Å²) in [4.78, 5) is 13.9. The van der Waals surface area contributed by atoms with Crippen LogP contribution in [0.4, 0.5) is 0 Å². The highest BCUT2D eigenvalue weighted by molar-refractivity contribution is 5.76. The molecule has 1 aliphatic heterocycles. The second-order valence-corrected chi connectivity index (χ2v) is 6.03. The molecule has 0 spiro atoms. The second kappa shape index (κ2) is 7.10. The number of amides is 1. The van der Waals surface area contributed by atoms with E-state index < -0.39 is 0 Å². The van der Waals surface area contributed by atoms with Crippen molar-refractivity contribution in [1.82, 2.24) is 15.5 Å². The molecule has 4 nitrogen and oxygen atoms in total. The third kappa shape index (κ3) is 4.94. The molecular weight excluding hydrogens is 226 g/mol. The Morgan fingerprint density at radius 2 is 2.06 bits per heavy atom. The number of likely N-dealkylation sites (tertiary alicyclic amines) is 1. The summed E-state index contributed by atoms with van der Waals surface area (Å²) in [6.07, 6.45) is 1.75. The third-order valence-electron chi connectivity index (χ3n) is 3.82. The lowest BCUT2D eigenvalue weighted by Crippen LogP contribution is -2.51. The summed E-state index contributed by atoms with van der Waals surface area (Å²) in [5.74, 6) is 0.797. The number of piperidine rings is 1. The predicted molar refractivity (Wildman–Crippen MR) is 75.6 cm³/mol. The van der Waals surface area contributed by atoms with Crippen molar-refractivity contribution < 1.29 is 4.79 Å². The first kappa shape index (κ1) is 15.4. The van der Waals surface area contributed by atoms with E-state index in [-0.39, 0.29) is 11.9 Å². The molecule has 0 aromatic heterocycles. The molecule has 3 unspecified atom stereocenters. The van der Waals surface area contributed by atoms with Gasteiger partial charge in [-0.2, -0.15) is 0 Å². The maximum absolute atomic E-state index is 11.5. The lowest BCUT2D eigenvalue weighted by Gasteiger charge is -2.40. The van der Waals surface area contributed by atoms with E-state index in [1.54, 1.807) is 0 Å². The van der Waals surface area contributed by atoms with Crippen LogP contribution in [0.5, 0.6) is 0 Å². The first-order valence-electron chi connectivity index (χ1n) is 7.13. The zero-order valence-electron chi connectivity index (χ0n) is 12.5. The van der Waals surface area contributed by atoms with Crippen LogP contribution in [-0.2, 0) is 4.79 Å². The Morgan fingerprint density at radius 1 is 1.39 bits per heavy atom. The van der Waals surface area contributed by atoms with Crippen LogP contribution in [0.3, 0.4) is 0 Å². The van der Waals surface area contributed by atoms with E-state index in [4.69, 9.17) is 0 Å². The van der Waals surface area contributed by atoms with Crippen molar-refractivity contribution in [2.75, 3.05) is 20.1 Å². The third-order valence-corrected chi connectivity index (χ3v) is 3.82. The summed E-state index contributed by atoms with van der Waals surface area (Å²) in [6.45, 7) is 10.5. The summed E-state index contributed by atoms with van der Waals surface area (Å²) in [5.41, 5.74) is 0. The zero-order valence-corrected chi connectivity index (χ0v) is 12.5. The average Bonchev–Trinajstić information content (AvgIpc) is 2.24. The number of carbonyl (C=O) groups excluding carboxylic acids is 1. The molecule has 1 saturated heterocycles. The standard InChI is InChI=1S/C14H29N3O/c1-10(2)16-14(18)6-7-15-13-8-12(4)17(5)9-11(13)3/h10-13,15H,6-9H2,1-5H3,(H,16,18). The van der Waals surface area contributed by atoms with Crippen molar-refractivity contribution in [2.24, 2.45) is 5.92 Å². The van der Waals surface area contributed by atoms with Gasteiger partial charge in [-0.25, -0.2) is 0 Å². The minimum Gasteiger partial charge on any atom is -0.354 e. The van der Waals surface area contributed by atoms with Gasteiger partial charge in [0.25, 0.3) is 0 Å². The maximum Gasteiger partial charge on any atom is 0.221 e. The SMILES string of the molecule is CC(C)NC(=O)CCNC1CC(C)N(C)CC1C. The molecule has 0 bridgehead atoms. The summed E-state index contributed by atoms with van der Waals surface area (Å²) in [7, 11) is 2.19. The number of hydrogen-bond acceptors (Lipinski definition) is 3. The molecule has 1 heterocycles. The van der Waals surface area contributed by atoms with Gasteiger partial charge in [-0.05, 0) is 40.2 Å². The van der Waals surface area contributed by atoms with E-state index in [0.29, 0.717) is 24.4 Å². The predicted octanol–water partition coefficient (Wildman–Crippen LogP) is 1.22. The lowest BCUT2D eigenvalue weighted by molar-refractivity contribution is -0.121. The molecule has 4 heteroatoms. The largest absolute Gasteiger partial charge is 0.354 e. The van der Waals surface area contributed by atoms with Crippen molar-refractivity contribution >= 4 is 5.91 Å². The average molecular weight is 255 g/mol. The Kier molecular flexibility index (Phi) is 6.09. The molecule has 0 saturated carbocycles. The normalized spacial score (nSPS) is 29.6. The van der Waals surface area contributed by atoms with Crippen molar-refractivity contribution in [1.29, 1.82) is 0 Å². The van der Waals surface area contributed by atoms with Crippen LogP contribution in [-0.4, -0.2) is 49.1 Å². The van der Waals surface area contributed by atoms with E-state index in [1.165, 1.54) is 6.42 Å². The molecule has 1 rings (SSSR count). The lowest BCUT2D eigenvalue weighted by atomic mass is 9.90. The number of rotatable bonds is 5. The fourth-order valence-corrected chi connectivity index (χ4v) is 2.59. The van der Waals surface area contributed by atoms with E-state index >= 15 is 0 Å². The molecule has 0 aromatic carbocycles. The monoisotopic (exact) mass is 255 g/mol. The molecule has 1 aliphatic rings. The Bertz CT molecular complexity index is 268. The molecule has 2 N–H and O–H groups in total. The van der Waals surface area contributed by atoms with Crippen LogP contribution in [0.1, 0.15) is 40.5 Å². The number of nitrogens with zero attached hydrogens (tertiary/aromatic N) is 1. The Balaban J connectivity index is 2.24. The van der Waals surface area contributed by atoms with Gasteiger partial charge < -0.3 is 15.5 Å². The maximum atomic E-state index is 11.5. The van der Waals surface area contributed by atoms with E-state index in [9.17, 15) is 4.79 Å². The topological polar surface area (TPSA) is 44.4 Å². The van der Waals surface area contributed by atoms with Crippen molar-refractivity contribution in [2.45, 2.75) is 58.7 Å². The van der Waals surface area contributed by atoms with Gasteiger partial charge in [0.05, 0.1) is 0 Å². The minimum atomic E-state index is 0.145. The fraction of sp³-hybridized carbons (Fsp3) is 0.929. The molecule has 18 heavy (non-hydrogen) atoms. The molecular formula is C14H29N3O. The first-order chi connectivity index (χ1) is 8.40. The van der Waals surface area contributed by atoms with Gasteiger partial charge in [0.2, 0.25) is 5.91 Å². The summed E-state index contributed by atoms with van der Waals surface area (Å²) in [5, 5.41) is 6.46. The quantitative estimate of drug-likeness (QED) is 0.776. The molecule has 0 radical (unpaired) electrons. The van der Waals surface area contributed by atoms with Gasteiger partial charge in [0, 0.05) is 37.6 Å². The molecule has 0 aromatic rings. The number of carbonyl (C=O) groups is 1. The van der Waals surface area contributed by atoms with Gasteiger partial charge in [-0.15, -0.1) is 0 Å².